The Labute approximate surface area is 125 Å². The quantitative estimate of drug-likeness (QED) is 0.828. The van der Waals surface area contributed by atoms with E-state index in [0.29, 0.717) is 6.04 Å². The largest absolute Gasteiger partial charge is 0.497 e. The molecule has 1 N–H and O–H groups in total. The molecule has 0 aliphatic heterocycles. The van der Waals surface area contributed by atoms with E-state index in [0.717, 1.165) is 25.3 Å². The summed E-state index contributed by atoms with van der Waals surface area (Å²) in [6.45, 7) is 1.89. The number of methoxy groups -OCH3 is 1. The maximum absolute atomic E-state index is 5.36. The van der Waals surface area contributed by atoms with E-state index < -0.39 is 0 Å². The van der Waals surface area contributed by atoms with Crippen molar-refractivity contribution in [2.75, 3.05) is 13.7 Å². The Morgan fingerprint density at radius 1 is 1.43 bits per heavy atom. The molecule has 1 aliphatic carbocycles. The molecule has 1 aromatic heterocycles. The van der Waals surface area contributed by atoms with Crippen molar-refractivity contribution in [3.8, 4) is 5.75 Å². The number of fused-ring (bicyclic) bond motifs is 1. The van der Waals surface area contributed by atoms with Crippen molar-refractivity contribution in [1.29, 1.82) is 0 Å². The van der Waals surface area contributed by atoms with Crippen molar-refractivity contribution in [3.05, 3.63) is 41.7 Å². The van der Waals surface area contributed by atoms with E-state index in [1.807, 2.05) is 10.9 Å². The first-order valence-corrected chi connectivity index (χ1v) is 7.61. The number of nitrogens with zero attached hydrogens (tertiary/aromatic N) is 3. The number of aromatic nitrogens is 3. The summed E-state index contributed by atoms with van der Waals surface area (Å²) in [4.78, 5) is 0. The molecule has 1 unspecified atom stereocenters. The molecule has 1 atom stereocenters. The molecule has 0 bridgehead atoms. The van der Waals surface area contributed by atoms with E-state index in [4.69, 9.17) is 4.74 Å². The average molecular weight is 286 g/mol. The van der Waals surface area contributed by atoms with Crippen LogP contribution in [0.15, 0.2) is 30.6 Å². The topological polar surface area (TPSA) is 52.0 Å². The molecule has 0 amide bonds. The number of rotatable bonds is 6. The van der Waals surface area contributed by atoms with Gasteiger partial charge in [0.2, 0.25) is 0 Å². The van der Waals surface area contributed by atoms with Crippen molar-refractivity contribution in [3.63, 3.8) is 0 Å². The molecule has 1 aliphatic rings. The smallest absolute Gasteiger partial charge is 0.119 e. The van der Waals surface area contributed by atoms with Crippen molar-refractivity contribution < 1.29 is 4.74 Å². The molecule has 3 rings (SSSR count). The van der Waals surface area contributed by atoms with Gasteiger partial charge in [-0.1, -0.05) is 11.3 Å². The van der Waals surface area contributed by atoms with Crippen molar-refractivity contribution in [2.24, 2.45) is 0 Å². The van der Waals surface area contributed by atoms with Gasteiger partial charge in [-0.15, -0.1) is 5.10 Å². The molecule has 0 radical (unpaired) electrons. The fourth-order valence-electron chi connectivity index (χ4n) is 2.99. The van der Waals surface area contributed by atoms with Crippen LogP contribution < -0.4 is 10.1 Å². The number of nitrogens with one attached hydrogen (secondary N) is 1. The molecule has 0 saturated heterocycles. The van der Waals surface area contributed by atoms with Gasteiger partial charge in [-0.05, 0) is 55.5 Å². The highest BCUT2D eigenvalue weighted by atomic mass is 16.5. The van der Waals surface area contributed by atoms with E-state index in [-0.39, 0.29) is 0 Å². The predicted octanol–water partition coefficient (Wildman–Crippen LogP) is 2.34. The van der Waals surface area contributed by atoms with Crippen LogP contribution in [0.5, 0.6) is 5.75 Å². The molecule has 0 saturated carbocycles. The van der Waals surface area contributed by atoms with Crippen LogP contribution in [0.1, 0.15) is 36.4 Å². The maximum Gasteiger partial charge on any atom is 0.119 e. The van der Waals surface area contributed by atoms with Crippen LogP contribution in [0.2, 0.25) is 0 Å². The van der Waals surface area contributed by atoms with Crippen LogP contribution in [-0.4, -0.2) is 28.6 Å². The molecular weight excluding hydrogens is 264 g/mol. The second-order valence-electron chi connectivity index (χ2n) is 5.48. The Morgan fingerprint density at radius 3 is 3.19 bits per heavy atom. The van der Waals surface area contributed by atoms with Gasteiger partial charge in [0.15, 0.2) is 0 Å². The maximum atomic E-state index is 5.36. The van der Waals surface area contributed by atoms with Gasteiger partial charge in [0.1, 0.15) is 5.75 Å². The Hall–Kier alpha value is -1.88. The van der Waals surface area contributed by atoms with Gasteiger partial charge >= 0.3 is 0 Å². The van der Waals surface area contributed by atoms with E-state index >= 15 is 0 Å². The van der Waals surface area contributed by atoms with Crippen LogP contribution in [0.3, 0.4) is 0 Å². The molecule has 0 fully saturated rings. The lowest BCUT2D eigenvalue weighted by atomic mass is 9.87. The van der Waals surface area contributed by atoms with Gasteiger partial charge in [-0.3, -0.25) is 4.68 Å². The SMILES string of the molecule is COc1ccc2c(c1)C(NCCCn1ccnn1)CCC2. The standard InChI is InChI=1S/C16H22N4O/c1-21-14-7-6-13-4-2-5-16(15(13)12-14)17-8-3-10-20-11-9-18-19-20/h6-7,9,11-12,16-17H,2-5,8,10H2,1H3. The van der Waals surface area contributed by atoms with Crippen LogP contribution in [0.4, 0.5) is 0 Å². The summed E-state index contributed by atoms with van der Waals surface area (Å²) in [6.07, 6.45) is 8.30. The number of hydrogen-bond acceptors (Lipinski definition) is 4. The summed E-state index contributed by atoms with van der Waals surface area (Å²) >= 11 is 0. The van der Waals surface area contributed by atoms with Gasteiger partial charge in [0.25, 0.3) is 0 Å². The Morgan fingerprint density at radius 2 is 2.38 bits per heavy atom. The lowest BCUT2D eigenvalue weighted by Gasteiger charge is -2.27. The first kappa shape index (κ1) is 14.1. The zero-order valence-electron chi connectivity index (χ0n) is 12.5. The fourth-order valence-corrected chi connectivity index (χ4v) is 2.99. The lowest BCUT2D eigenvalue weighted by Crippen LogP contribution is -2.26. The summed E-state index contributed by atoms with van der Waals surface area (Å²) in [7, 11) is 1.73. The third-order valence-corrected chi connectivity index (χ3v) is 4.09. The number of benzene rings is 1. The highest BCUT2D eigenvalue weighted by Crippen LogP contribution is 2.32. The second-order valence-corrected chi connectivity index (χ2v) is 5.48. The van der Waals surface area contributed by atoms with Gasteiger partial charge < -0.3 is 10.1 Å². The normalized spacial score (nSPS) is 17.5. The molecule has 1 heterocycles. The van der Waals surface area contributed by atoms with Gasteiger partial charge in [-0.25, -0.2) is 0 Å². The predicted molar refractivity (Wildman–Crippen MR) is 81.3 cm³/mol. The van der Waals surface area contributed by atoms with Crippen LogP contribution >= 0.6 is 0 Å². The first-order chi connectivity index (χ1) is 10.4. The highest BCUT2D eigenvalue weighted by Gasteiger charge is 2.20. The zero-order valence-corrected chi connectivity index (χ0v) is 12.5. The lowest BCUT2D eigenvalue weighted by molar-refractivity contribution is 0.407. The molecular formula is C16H22N4O. The molecule has 0 spiro atoms. The van der Waals surface area contributed by atoms with Crippen molar-refractivity contribution in [1.82, 2.24) is 20.3 Å². The third kappa shape index (κ3) is 3.42. The van der Waals surface area contributed by atoms with Crippen molar-refractivity contribution >= 4 is 0 Å². The molecule has 1 aromatic carbocycles. The number of aryl methyl sites for hydroxylation is 2. The summed E-state index contributed by atoms with van der Waals surface area (Å²) in [5.41, 5.74) is 2.86. The zero-order chi connectivity index (χ0) is 14.5. The van der Waals surface area contributed by atoms with Crippen LogP contribution in [-0.2, 0) is 13.0 Å². The summed E-state index contributed by atoms with van der Waals surface area (Å²) in [5.74, 6) is 0.949. The molecule has 5 nitrogen and oxygen atoms in total. The monoisotopic (exact) mass is 286 g/mol. The molecule has 5 heteroatoms. The number of ether oxygens (including phenoxy) is 1. The minimum atomic E-state index is 0.444. The summed E-state index contributed by atoms with van der Waals surface area (Å²) in [6, 6.07) is 6.90. The number of hydrogen-bond donors (Lipinski definition) is 1. The summed E-state index contributed by atoms with van der Waals surface area (Å²) in [5, 5.41) is 11.5. The van der Waals surface area contributed by atoms with E-state index in [1.54, 1.807) is 13.3 Å². The van der Waals surface area contributed by atoms with Crippen LogP contribution in [0.25, 0.3) is 0 Å². The minimum absolute atomic E-state index is 0.444. The van der Waals surface area contributed by atoms with Gasteiger partial charge in [-0.2, -0.15) is 0 Å². The Balaban J connectivity index is 1.57. The van der Waals surface area contributed by atoms with E-state index in [1.165, 1.54) is 30.4 Å². The van der Waals surface area contributed by atoms with E-state index in [2.05, 4.69) is 33.8 Å². The van der Waals surface area contributed by atoms with Gasteiger partial charge in [0, 0.05) is 18.8 Å². The fraction of sp³-hybridized carbons (Fsp3) is 0.500. The summed E-state index contributed by atoms with van der Waals surface area (Å²) < 4.78 is 7.23. The molecule has 21 heavy (non-hydrogen) atoms. The third-order valence-electron chi connectivity index (χ3n) is 4.09. The molecule has 2 aromatic rings. The van der Waals surface area contributed by atoms with E-state index in [9.17, 15) is 0 Å². The minimum Gasteiger partial charge on any atom is -0.497 e. The first-order valence-electron chi connectivity index (χ1n) is 7.61. The Bertz CT molecular complexity index is 568. The average Bonchev–Trinajstić information content (AvgIpc) is 3.04. The molecule has 112 valence electrons. The highest BCUT2D eigenvalue weighted by molar-refractivity contribution is 5.39. The van der Waals surface area contributed by atoms with Crippen molar-refractivity contribution in [2.45, 2.75) is 38.3 Å². The van der Waals surface area contributed by atoms with Gasteiger partial charge in [0.05, 0.1) is 13.3 Å². The van der Waals surface area contributed by atoms with Crippen LogP contribution in [0, 0.1) is 0 Å². The Kier molecular flexibility index (Phi) is 4.50. The second kappa shape index (κ2) is 6.72.